The fourth-order valence-corrected chi connectivity index (χ4v) is 6.27. The first-order chi connectivity index (χ1) is 18.2. The first-order valence-electron chi connectivity index (χ1n) is 12.9. The van der Waals surface area contributed by atoms with Gasteiger partial charge in [-0.15, -0.1) is 0 Å². The van der Waals surface area contributed by atoms with Crippen LogP contribution in [0.25, 0.3) is 0 Å². The Morgan fingerprint density at radius 3 is 2.97 bits per heavy atom. The number of nitrogens with zero attached hydrogens (tertiary/aromatic N) is 3. The van der Waals surface area contributed by atoms with Gasteiger partial charge in [0.1, 0.15) is 11.5 Å². The summed E-state index contributed by atoms with van der Waals surface area (Å²) in [5.74, 6) is 1.39. The van der Waals surface area contributed by atoms with Crippen LogP contribution in [0, 0.1) is 0 Å². The number of aliphatic imine (C=N–C) groups is 1. The van der Waals surface area contributed by atoms with Crippen molar-refractivity contribution in [3.8, 4) is 11.5 Å². The number of ether oxygens (including phenoxy) is 2. The van der Waals surface area contributed by atoms with E-state index in [1.807, 2.05) is 41.3 Å². The van der Waals surface area contributed by atoms with Gasteiger partial charge in [0, 0.05) is 31.9 Å². The van der Waals surface area contributed by atoms with Gasteiger partial charge >= 0.3 is 0 Å². The van der Waals surface area contributed by atoms with Crippen molar-refractivity contribution >= 4 is 28.7 Å². The van der Waals surface area contributed by atoms with Crippen molar-refractivity contribution in [1.29, 1.82) is 0 Å². The monoisotopic (exact) mass is 518 g/mol. The quantitative estimate of drug-likeness (QED) is 0.656. The number of carbonyl (C=O) groups is 2. The lowest BCUT2D eigenvalue weighted by molar-refractivity contribution is -0.132. The molecule has 0 aromatic heterocycles. The topological polar surface area (TPSA) is 83.5 Å². The Balaban J connectivity index is 1.33. The maximum absolute atomic E-state index is 13.8. The lowest BCUT2D eigenvalue weighted by atomic mass is 9.87. The summed E-state index contributed by atoms with van der Waals surface area (Å²) in [7, 11) is 0. The first-order valence-corrected chi connectivity index (χ1v) is 13.8. The van der Waals surface area contributed by atoms with Crippen molar-refractivity contribution in [3.63, 3.8) is 0 Å². The van der Waals surface area contributed by atoms with Gasteiger partial charge < -0.3 is 24.6 Å². The number of amides is 2. The second-order valence-corrected chi connectivity index (χ2v) is 10.4. The summed E-state index contributed by atoms with van der Waals surface area (Å²) >= 11 is 1.62. The average molecular weight is 519 g/mol. The van der Waals surface area contributed by atoms with Gasteiger partial charge in [0.25, 0.3) is 5.91 Å². The summed E-state index contributed by atoms with van der Waals surface area (Å²) in [5, 5.41) is 5.95. The third-order valence-corrected chi connectivity index (χ3v) is 8.07. The maximum Gasteiger partial charge on any atom is 0.257 e. The maximum atomic E-state index is 13.8. The van der Waals surface area contributed by atoms with E-state index in [9.17, 15) is 9.59 Å². The first kappa shape index (κ1) is 23.9. The van der Waals surface area contributed by atoms with Crippen molar-refractivity contribution in [2.75, 3.05) is 39.4 Å². The van der Waals surface area contributed by atoms with Gasteiger partial charge in [-0.2, -0.15) is 0 Å². The third kappa shape index (κ3) is 5.05. The van der Waals surface area contributed by atoms with E-state index < -0.39 is 0 Å². The molecule has 2 aromatic rings. The summed E-state index contributed by atoms with van der Waals surface area (Å²) in [6, 6.07) is 13.7. The van der Waals surface area contributed by atoms with Crippen LogP contribution in [0.2, 0.25) is 0 Å². The molecular weight excluding hydrogens is 488 g/mol. The summed E-state index contributed by atoms with van der Waals surface area (Å²) in [4.78, 5) is 34.8. The van der Waals surface area contributed by atoms with E-state index in [2.05, 4.69) is 26.7 Å². The zero-order valence-electron chi connectivity index (χ0n) is 20.7. The number of amidine groups is 1. The summed E-state index contributed by atoms with van der Waals surface area (Å²) in [6.45, 7) is 3.36. The molecule has 8 nitrogen and oxygen atoms in total. The van der Waals surface area contributed by atoms with Crippen LogP contribution in [0.3, 0.4) is 0 Å². The molecule has 5 heterocycles. The molecule has 0 saturated carbocycles. The fourth-order valence-electron chi connectivity index (χ4n) is 5.32. The third-order valence-electron chi connectivity index (χ3n) is 7.12. The van der Waals surface area contributed by atoms with Crippen LogP contribution in [-0.2, 0) is 16.0 Å². The Kier molecular flexibility index (Phi) is 6.78. The van der Waals surface area contributed by atoms with Gasteiger partial charge in [0.2, 0.25) is 5.91 Å². The van der Waals surface area contributed by atoms with Gasteiger partial charge in [-0.1, -0.05) is 30.0 Å². The standard InChI is InChI=1S/C28H30N4O4S/c33-25-17-36-23-6-7-24-19(14-23)8-12-32(26(34)16-21-18-37-28-30-9-2-11-31(21)28)27(24)20-4-1-5-22(15-20)35-13-3-10-29-25/h1,4-7,14-15,18,27H,2-3,8-13,16-17H2,(H,29,33). The molecule has 6 bridgehead atoms. The minimum Gasteiger partial charge on any atom is -0.494 e. The molecule has 9 heteroatoms. The number of nitrogens with one attached hydrogen (secondary N) is 1. The second-order valence-electron chi connectivity index (χ2n) is 9.59. The Hall–Kier alpha value is -3.46. The molecule has 0 saturated heterocycles. The van der Waals surface area contributed by atoms with Crippen molar-refractivity contribution in [2.24, 2.45) is 4.99 Å². The highest BCUT2D eigenvalue weighted by Crippen LogP contribution is 2.39. The number of hydrogen-bond donors (Lipinski definition) is 1. The molecule has 0 spiro atoms. The summed E-state index contributed by atoms with van der Waals surface area (Å²) in [6.07, 6.45) is 2.77. The van der Waals surface area contributed by atoms with E-state index in [-0.39, 0.29) is 24.5 Å². The van der Waals surface area contributed by atoms with Crippen LogP contribution in [0.5, 0.6) is 11.5 Å². The van der Waals surface area contributed by atoms with Crippen LogP contribution in [0.15, 0.2) is 58.6 Å². The van der Waals surface area contributed by atoms with Gasteiger partial charge in [-0.05, 0) is 65.6 Å². The van der Waals surface area contributed by atoms with Gasteiger partial charge in [-0.3, -0.25) is 14.6 Å². The smallest absolute Gasteiger partial charge is 0.257 e. The van der Waals surface area contributed by atoms with Crippen LogP contribution in [0.1, 0.15) is 42.0 Å². The van der Waals surface area contributed by atoms with Crippen molar-refractivity contribution in [3.05, 3.63) is 70.3 Å². The molecule has 192 valence electrons. The van der Waals surface area contributed by atoms with Crippen LogP contribution < -0.4 is 14.8 Å². The number of fused-ring (bicyclic) bond motifs is 9. The Bertz CT molecular complexity index is 1280. The molecule has 0 fully saturated rings. The number of rotatable bonds is 2. The van der Waals surface area contributed by atoms with Gasteiger partial charge in [-0.25, -0.2) is 0 Å². The highest BCUT2D eigenvalue weighted by Gasteiger charge is 2.35. The van der Waals surface area contributed by atoms with Crippen molar-refractivity contribution in [2.45, 2.75) is 31.7 Å². The molecule has 5 aliphatic rings. The normalized spacial score (nSPS) is 21.3. The number of carbonyl (C=O) groups excluding carboxylic acids is 2. The van der Waals surface area contributed by atoms with E-state index >= 15 is 0 Å². The predicted molar refractivity (Wildman–Crippen MR) is 143 cm³/mol. The molecule has 0 radical (unpaired) electrons. The molecule has 5 aliphatic heterocycles. The Morgan fingerprint density at radius 1 is 1.11 bits per heavy atom. The number of hydrogen-bond acceptors (Lipinski definition) is 7. The molecule has 1 atom stereocenters. The highest BCUT2D eigenvalue weighted by atomic mass is 32.2. The van der Waals surface area contributed by atoms with Crippen molar-refractivity contribution in [1.82, 2.24) is 15.1 Å². The molecule has 0 aliphatic carbocycles. The molecule has 2 amide bonds. The summed E-state index contributed by atoms with van der Waals surface area (Å²) in [5.41, 5.74) is 4.27. The summed E-state index contributed by atoms with van der Waals surface area (Å²) < 4.78 is 11.8. The van der Waals surface area contributed by atoms with E-state index in [0.29, 0.717) is 38.3 Å². The van der Waals surface area contributed by atoms with Crippen LogP contribution >= 0.6 is 11.8 Å². The molecule has 37 heavy (non-hydrogen) atoms. The lowest BCUT2D eigenvalue weighted by Crippen LogP contribution is -2.41. The van der Waals surface area contributed by atoms with E-state index in [1.165, 1.54) is 0 Å². The van der Waals surface area contributed by atoms with Crippen molar-refractivity contribution < 1.29 is 19.1 Å². The minimum absolute atomic E-state index is 0.0261. The van der Waals surface area contributed by atoms with E-state index in [4.69, 9.17) is 9.47 Å². The molecule has 2 aromatic carbocycles. The second kappa shape index (κ2) is 10.5. The number of benzene rings is 2. The van der Waals surface area contributed by atoms with E-state index in [0.717, 1.165) is 59.2 Å². The Labute approximate surface area is 220 Å². The van der Waals surface area contributed by atoms with Crippen LogP contribution in [-0.4, -0.2) is 66.2 Å². The fraction of sp³-hybridized carbons (Fsp3) is 0.393. The minimum atomic E-state index is -0.228. The zero-order chi connectivity index (χ0) is 25.2. The largest absolute Gasteiger partial charge is 0.494 e. The predicted octanol–water partition coefficient (Wildman–Crippen LogP) is 3.48. The Morgan fingerprint density at radius 2 is 2.03 bits per heavy atom. The van der Waals surface area contributed by atoms with E-state index in [1.54, 1.807) is 11.8 Å². The zero-order valence-corrected chi connectivity index (χ0v) is 21.5. The average Bonchev–Trinajstić information content (AvgIpc) is 3.33. The van der Waals surface area contributed by atoms with Gasteiger partial charge in [0.05, 0.1) is 19.1 Å². The van der Waals surface area contributed by atoms with Gasteiger partial charge in [0.15, 0.2) is 11.8 Å². The number of thioether (sulfide) groups is 1. The molecule has 7 rings (SSSR count). The highest BCUT2D eigenvalue weighted by molar-refractivity contribution is 8.16. The molecule has 1 unspecified atom stereocenters. The molecule has 1 N–H and O–H groups in total. The van der Waals surface area contributed by atoms with Crippen LogP contribution in [0.4, 0.5) is 0 Å². The SMILES string of the molecule is O=C1COc2ccc3c(c2)CCN(C(=O)CC2=CSC4=NCCCN24)C3c2cccc(c2)OCCCN1. The lowest BCUT2D eigenvalue weighted by Gasteiger charge is -2.38. The molecular formula is C28H30N4O4S.